The average molecular weight is 353 g/mol. The fraction of sp³-hybridized carbons (Fsp3) is 0.0952. The molecule has 0 aliphatic rings. The van der Waals surface area contributed by atoms with Crippen LogP contribution in [0.15, 0.2) is 66.7 Å². The third kappa shape index (κ3) is 4.22. The van der Waals surface area contributed by atoms with Gasteiger partial charge in [-0.15, -0.1) is 0 Å². The van der Waals surface area contributed by atoms with Crippen LogP contribution in [0.4, 0.5) is 13.2 Å². The molecule has 0 heterocycles. The molecule has 130 valence electrons. The number of nitrogens with one attached hydrogen (secondary N) is 1. The van der Waals surface area contributed by atoms with E-state index < -0.39 is 11.7 Å². The van der Waals surface area contributed by atoms with Gasteiger partial charge in [-0.2, -0.15) is 13.2 Å². The number of carbonyl (C=O) groups excluding carboxylic acids is 1. The molecule has 1 N–H and O–H groups in total. The third-order valence-electron chi connectivity index (χ3n) is 3.77. The van der Waals surface area contributed by atoms with Crippen molar-refractivity contribution in [2.75, 3.05) is 6.54 Å². The van der Waals surface area contributed by atoms with E-state index in [1.165, 1.54) is 12.1 Å². The summed E-state index contributed by atoms with van der Waals surface area (Å²) in [5.74, 6) is 5.01. The van der Waals surface area contributed by atoms with Crippen molar-refractivity contribution >= 4 is 16.7 Å². The van der Waals surface area contributed by atoms with E-state index in [0.717, 1.165) is 22.9 Å². The van der Waals surface area contributed by atoms with E-state index in [-0.39, 0.29) is 18.0 Å². The number of hydrogen-bond acceptors (Lipinski definition) is 1. The van der Waals surface area contributed by atoms with Crippen molar-refractivity contribution in [2.24, 2.45) is 0 Å². The van der Waals surface area contributed by atoms with Crippen LogP contribution in [0.1, 0.15) is 21.5 Å². The van der Waals surface area contributed by atoms with Crippen LogP contribution in [0.2, 0.25) is 0 Å². The van der Waals surface area contributed by atoms with E-state index >= 15 is 0 Å². The third-order valence-corrected chi connectivity index (χ3v) is 3.77. The Morgan fingerprint density at radius 1 is 0.923 bits per heavy atom. The van der Waals surface area contributed by atoms with Crippen LogP contribution in [0.3, 0.4) is 0 Å². The SMILES string of the molecule is O=C(NCC#Cc1cccc(C(F)(F)F)c1)c1ccc2ccccc2c1. The van der Waals surface area contributed by atoms with Gasteiger partial charge in [0.2, 0.25) is 0 Å². The molecule has 3 rings (SSSR count). The Morgan fingerprint density at radius 3 is 2.46 bits per heavy atom. The van der Waals surface area contributed by atoms with Crippen molar-refractivity contribution < 1.29 is 18.0 Å². The molecular weight excluding hydrogens is 339 g/mol. The number of fused-ring (bicyclic) bond motifs is 1. The Bertz CT molecular complexity index is 1010. The van der Waals surface area contributed by atoms with Gasteiger partial charge in [-0.3, -0.25) is 4.79 Å². The average Bonchev–Trinajstić information content (AvgIpc) is 2.64. The molecule has 0 atom stereocenters. The Balaban J connectivity index is 1.64. The maximum Gasteiger partial charge on any atom is 0.416 e. The lowest BCUT2D eigenvalue weighted by atomic mass is 10.1. The molecule has 2 nitrogen and oxygen atoms in total. The summed E-state index contributed by atoms with van der Waals surface area (Å²) in [6, 6.07) is 17.8. The normalized spacial score (nSPS) is 10.9. The predicted octanol–water partition coefficient (Wildman–Crippen LogP) is 4.64. The number of alkyl halides is 3. The van der Waals surface area contributed by atoms with Crippen LogP contribution in [0.5, 0.6) is 0 Å². The minimum absolute atomic E-state index is 0.0436. The van der Waals surface area contributed by atoms with E-state index in [2.05, 4.69) is 17.2 Å². The highest BCUT2D eigenvalue weighted by atomic mass is 19.4. The summed E-state index contributed by atoms with van der Waals surface area (Å²) in [4.78, 5) is 12.2. The molecule has 3 aromatic rings. The summed E-state index contributed by atoms with van der Waals surface area (Å²) in [6.07, 6.45) is -4.40. The molecule has 0 saturated carbocycles. The second-order valence-electron chi connectivity index (χ2n) is 5.62. The molecule has 0 bridgehead atoms. The van der Waals surface area contributed by atoms with Crippen molar-refractivity contribution in [2.45, 2.75) is 6.18 Å². The van der Waals surface area contributed by atoms with Crippen molar-refractivity contribution in [3.63, 3.8) is 0 Å². The molecule has 0 saturated heterocycles. The highest BCUT2D eigenvalue weighted by Gasteiger charge is 2.30. The summed E-state index contributed by atoms with van der Waals surface area (Å²) >= 11 is 0. The highest BCUT2D eigenvalue weighted by Crippen LogP contribution is 2.29. The number of halogens is 3. The Kier molecular flexibility index (Phi) is 4.94. The molecule has 0 aliphatic heterocycles. The van der Waals surface area contributed by atoms with Gasteiger partial charge in [0.25, 0.3) is 5.91 Å². The molecule has 0 aliphatic carbocycles. The second-order valence-corrected chi connectivity index (χ2v) is 5.62. The van der Waals surface area contributed by atoms with Gasteiger partial charge in [-0.25, -0.2) is 0 Å². The molecule has 0 spiro atoms. The number of amides is 1. The standard InChI is InChI=1S/C21H14F3NO/c22-21(23,24)19-9-3-5-15(13-19)6-4-12-25-20(26)18-11-10-16-7-1-2-8-17(16)14-18/h1-3,5,7-11,13-14H,12H2,(H,25,26). The molecule has 0 aromatic heterocycles. The van der Waals surface area contributed by atoms with Crippen LogP contribution >= 0.6 is 0 Å². The first-order valence-electron chi connectivity index (χ1n) is 7.86. The van der Waals surface area contributed by atoms with Crippen molar-refractivity contribution in [3.8, 4) is 11.8 Å². The number of hydrogen-bond donors (Lipinski definition) is 1. The van der Waals surface area contributed by atoms with Gasteiger partial charge in [0, 0.05) is 11.1 Å². The first-order valence-corrected chi connectivity index (χ1v) is 7.86. The van der Waals surface area contributed by atoms with Crippen LogP contribution in [-0.4, -0.2) is 12.5 Å². The molecule has 0 unspecified atom stereocenters. The zero-order chi connectivity index (χ0) is 18.6. The number of carbonyl (C=O) groups is 1. The lowest BCUT2D eigenvalue weighted by molar-refractivity contribution is -0.137. The maximum atomic E-state index is 12.7. The van der Waals surface area contributed by atoms with Gasteiger partial charge < -0.3 is 5.32 Å². The van der Waals surface area contributed by atoms with Gasteiger partial charge in [0.1, 0.15) is 0 Å². The van der Waals surface area contributed by atoms with Crippen molar-refractivity contribution in [3.05, 3.63) is 83.4 Å². The predicted molar refractivity (Wildman–Crippen MR) is 94.6 cm³/mol. The number of benzene rings is 3. The summed E-state index contributed by atoms with van der Waals surface area (Å²) in [5, 5.41) is 4.63. The quantitative estimate of drug-likeness (QED) is 0.668. The van der Waals surface area contributed by atoms with Gasteiger partial charge >= 0.3 is 6.18 Å². The molecule has 3 aromatic carbocycles. The van der Waals surface area contributed by atoms with Crippen LogP contribution < -0.4 is 5.32 Å². The molecule has 1 amide bonds. The summed E-state index contributed by atoms with van der Waals surface area (Å²) < 4.78 is 38.0. The topological polar surface area (TPSA) is 29.1 Å². The first-order chi connectivity index (χ1) is 12.4. The molecular formula is C21H14F3NO. The lowest BCUT2D eigenvalue weighted by Crippen LogP contribution is -2.23. The maximum absolute atomic E-state index is 12.7. The van der Waals surface area contributed by atoms with Crippen LogP contribution in [0.25, 0.3) is 10.8 Å². The minimum Gasteiger partial charge on any atom is -0.341 e. The minimum atomic E-state index is -4.40. The van der Waals surface area contributed by atoms with Crippen molar-refractivity contribution in [1.29, 1.82) is 0 Å². The first kappa shape index (κ1) is 17.6. The van der Waals surface area contributed by atoms with Gasteiger partial charge in [0.15, 0.2) is 0 Å². The zero-order valence-corrected chi connectivity index (χ0v) is 13.6. The second kappa shape index (κ2) is 7.32. The largest absolute Gasteiger partial charge is 0.416 e. The smallest absolute Gasteiger partial charge is 0.341 e. The summed E-state index contributed by atoms with van der Waals surface area (Å²) in [5.41, 5.74) is 0.00819. The molecule has 26 heavy (non-hydrogen) atoms. The molecule has 0 radical (unpaired) electrons. The number of rotatable bonds is 2. The van der Waals surface area contributed by atoms with E-state index in [1.54, 1.807) is 12.1 Å². The van der Waals surface area contributed by atoms with Gasteiger partial charge in [0.05, 0.1) is 12.1 Å². The monoisotopic (exact) mass is 353 g/mol. The summed E-state index contributed by atoms with van der Waals surface area (Å²) in [7, 11) is 0. The highest BCUT2D eigenvalue weighted by molar-refractivity contribution is 5.98. The lowest BCUT2D eigenvalue weighted by Gasteiger charge is -2.06. The van der Waals surface area contributed by atoms with Gasteiger partial charge in [-0.1, -0.05) is 48.2 Å². The summed E-state index contributed by atoms with van der Waals surface area (Å²) in [6.45, 7) is 0.0436. The van der Waals surface area contributed by atoms with Crippen LogP contribution in [-0.2, 0) is 6.18 Å². The molecule has 5 heteroatoms. The Hall–Kier alpha value is -3.26. The molecule has 0 fully saturated rings. The Labute approximate surface area is 148 Å². The van der Waals surface area contributed by atoms with E-state index in [0.29, 0.717) is 5.56 Å². The zero-order valence-electron chi connectivity index (χ0n) is 13.6. The fourth-order valence-electron chi connectivity index (χ4n) is 2.48. The Morgan fingerprint density at radius 2 is 1.69 bits per heavy atom. The van der Waals surface area contributed by atoms with Crippen molar-refractivity contribution in [1.82, 2.24) is 5.32 Å². The fourth-order valence-corrected chi connectivity index (χ4v) is 2.48. The van der Waals surface area contributed by atoms with Crippen LogP contribution in [0, 0.1) is 11.8 Å². The van der Waals surface area contributed by atoms with E-state index in [9.17, 15) is 18.0 Å². The van der Waals surface area contributed by atoms with Gasteiger partial charge in [-0.05, 0) is 41.1 Å². The van der Waals surface area contributed by atoms with E-state index in [4.69, 9.17) is 0 Å². The van der Waals surface area contributed by atoms with E-state index in [1.807, 2.05) is 30.3 Å².